The second-order valence-electron chi connectivity index (χ2n) is 6.35. The quantitative estimate of drug-likeness (QED) is 0.762. The van der Waals surface area contributed by atoms with E-state index >= 15 is 0 Å². The number of benzene rings is 1. The van der Waals surface area contributed by atoms with E-state index in [1.54, 1.807) is 0 Å². The molecular weight excluding hydrogens is 308 g/mol. The van der Waals surface area contributed by atoms with Crippen molar-refractivity contribution in [1.82, 2.24) is 4.90 Å². The van der Waals surface area contributed by atoms with E-state index in [0.717, 1.165) is 52.4 Å². The van der Waals surface area contributed by atoms with Crippen LogP contribution in [0.5, 0.6) is 0 Å². The van der Waals surface area contributed by atoms with E-state index in [0.29, 0.717) is 5.56 Å². The van der Waals surface area contributed by atoms with Gasteiger partial charge in [-0.1, -0.05) is 0 Å². The Labute approximate surface area is 142 Å². The zero-order valence-electron chi connectivity index (χ0n) is 13.9. The van der Waals surface area contributed by atoms with Crippen LogP contribution in [0.15, 0.2) is 18.2 Å². The lowest BCUT2D eigenvalue weighted by atomic mass is 10.0. The monoisotopic (exact) mass is 332 g/mol. The number of nitrogens with zero attached hydrogens (tertiary/aromatic N) is 2. The standard InChI is InChI=1S/C18H24N2O4/c21-17(3-4-18(22)23)15-1-2-16-14(13-15)5-6-20(16)8-7-19-9-11-24-12-10-19/h1-2,13H,3-12H2,(H,22,23). The Morgan fingerprint density at radius 3 is 2.62 bits per heavy atom. The Hall–Kier alpha value is -1.92. The van der Waals surface area contributed by atoms with Crippen molar-refractivity contribution < 1.29 is 19.4 Å². The number of carbonyl (C=O) groups excluding carboxylic acids is 1. The molecule has 2 heterocycles. The van der Waals surface area contributed by atoms with Gasteiger partial charge in [0.1, 0.15) is 0 Å². The Bertz CT molecular complexity index is 611. The zero-order chi connectivity index (χ0) is 16.9. The Balaban J connectivity index is 1.58. The topological polar surface area (TPSA) is 70.1 Å². The fourth-order valence-corrected chi connectivity index (χ4v) is 3.33. The third-order valence-electron chi connectivity index (χ3n) is 4.75. The summed E-state index contributed by atoms with van der Waals surface area (Å²) in [6.45, 7) is 6.63. The number of hydrogen-bond acceptors (Lipinski definition) is 5. The fourth-order valence-electron chi connectivity index (χ4n) is 3.33. The molecule has 2 aliphatic heterocycles. The number of carboxylic acid groups (broad SMARTS) is 1. The van der Waals surface area contributed by atoms with Crippen LogP contribution in [-0.2, 0) is 16.0 Å². The smallest absolute Gasteiger partial charge is 0.303 e. The first kappa shape index (κ1) is 16.9. The van der Waals surface area contributed by atoms with E-state index in [1.165, 1.54) is 11.3 Å². The first-order valence-electron chi connectivity index (χ1n) is 8.56. The summed E-state index contributed by atoms with van der Waals surface area (Å²) in [4.78, 5) is 27.5. The van der Waals surface area contributed by atoms with Gasteiger partial charge in [0, 0.05) is 50.4 Å². The van der Waals surface area contributed by atoms with Gasteiger partial charge < -0.3 is 14.7 Å². The summed E-state index contributed by atoms with van der Waals surface area (Å²) in [6.07, 6.45) is 0.898. The molecule has 0 spiro atoms. The lowest BCUT2D eigenvalue weighted by molar-refractivity contribution is -0.136. The molecule has 1 fully saturated rings. The summed E-state index contributed by atoms with van der Waals surface area (Å²) < 4.78 is 5.37. The maximum atomic E-state index is 12.1. The maximum absolute atomic E-state index is 12.1. The average Bonchev–Trinajstić information content (AvgIpc) is 3.01. The van der Waals surface area contributed by atoms with Crippen LogP contribution in [0.2, 0.25) is 0 Å². The molecule has 130 valence electrons. The van der Waals surface area contributed by atoms with Gasteiger partial charge in [0.05, 0.1) is 19.6 Å². The molecule has 0 saturated carbocycles. The molecule has 0 radical (unpaired) electrons. The Morgan fingerprint density at radius 2 is 1.88 bits per heavy atom. The molecule has 2 aliphatic rings. The van der Waals surface area contributed by atoms with Crippen LogP contribution in [0, 0.1) is 0 Å². The molecule has 0 aliphatic carbocycles. The molecule has 1 N–H and O–H groups in total. The fraction of sp³-hybridized carbons (Fsp3) is 0.556. The minimum atomic E-state index is -0.932. The molecule has 0 atom stereocenters. The first-order valence-corrected chi connectivity index (χ1v) is 8.56. The van der Waals surface area contributed by atoms with Crippen LogP contribution in [0.4, 0.5) is 5.69 Å². The molecule has 6 nitrogen and oxygen atoms in total. The van der Waals surface area contributed by atoms with Crippen LogP contribution >= 0.6 is 0 Å². The van der Waals surface area contributed by atoms with Crippen molar-refractivity contribution in [3.63, 3.8) is 0 Å². The lowest BCUT2D eigenvalue weighted by Gasteiger charge is -2.29. The van der Waals surface area contributed by atoms with E-state index in [4.69, 9.17) is 9.84 Å². The van der Waals surface area contributed by atoms with Gasteiger partial charge in [-0.05, 0) is 30.2 Å². The van der Waals surface area contributed by atoms with Gasteiger partial charge in [0.2, 0.25) is 0 Å². The highest BCUT2D eigenvalue weighted by Gasteiger charge is 2.21. The highest BCUT2D eigenvalue weighted by molar-refractivity contribution is 5.98. The van der Waals surface area contributed by atoms with Crippen LogP contribution in [0.3, 0.4) is 0 Å². The van der Waals surface area contributed by atoms with Gasteiger partial charge in [-0.2, -0.15) is 0 Å². The van der Waals surface area contributed by atoms with E-state index in [9.17, 15) is 9.59 Å². The normalized spacial score (nSPS) is 17.8. The largest absolute Gasteiger partial charge is 0.481 e. The highest BCUT2D eigenvalue weighted by Crippen LogP contribution is 2.29. The molecule has 6 heteroatoms. The van der Waals surface area contributed by atoms with Crippen molar-refractivity contribution in [3.8, 4) is 0 Å². The maximum Gasteiger partial charge on any atom is 0.303 e. The molecule has 1 aromatic carbocycles. The number of fused-ring (bicyclic) bond motifs is 1. The molecule has 0 bridgehead atoms. The molecule has 0 unspecified atom stereocenters. The van der Waals surface area contributed by atoms with Gasteiger partial charge in [0.25, 0.3) is 0 Å². The van der Waals surface area contributed by atoms with E-state index in [2.05, 4.69) is 9.80 Å². The second kappa shape index (κ2) is 7.77. The molecule has 1 saturated heterocycles. The second-order valence-corrected chi connectivity index (χ2v) is 6.35. The zero-order valence-corrected chi connectivity index (χ0v) is 13.9. The first-order chi connectivity index (χ1) is 11.6. The predicted octanol–water partition coefficient (Wildman–Crippen LogP) is 1.43. The van der Waals surface area contributed by atoms with Crippen molar-refractivity contribution in [1.29, 1.82) is 0 Å². The number of ether oxygens (including phenoxy) is 1. The van der Waals surface area contributed by atoms with Gasteiger partial charge in [-0.25, -0.2) is 0 Å². The van der Waals surface area contributed by atoms with Gasteiger partial charge in [-0.3, -0.25) is 14.5 Å². The summed E-state index contributed by atoms with van der Waals surface area (Å²) >= 11 is 0. The SMILES string of the molecule is O=C(O)CCC(=O)c1ccc2c(c1)CCN2CCN1CCOCC1. The number of ketones is 1. The van der Waals surface area contributed by atoms with Crippen LogP contribution in [0.25, 0.3) is 0 Å². The summed E-state index contributed by atoms with van der Waals surface area (Å²) in [6, 6.07) is 5.78. The summed E-state index contributed by atoms with van der Waals surface area (Å²) in [5, 5.41) is 8.69. The van der Waals surface area contributed by atoms with Crippen molar-refractivity contribution in [2.24, 2.45) is 0 Å². The van der Waals surface area contributed by atoms with Gasteiger partial charge in [-0.15, -0.1) is 0 Å². The number of carbonyl (C=O) groups is 2. The third-order valence-corrected chi connectivity index (χ3v) is 4.75. The highest BCUT2D eigenvalue weighted by atomic mass is 16.5. The molecule has 24 heavy (non-hydrogen) atoms. The minimum Gasteiger partial charge on any atom is -0.481 e. The van der Waals surface area contributed by atoms with Crippen LogP contribution < -0.4 is 4.90 Å². The van der Waals surface area contributed by atoms with Gasteiger partial charge >= 0.3 is 5.97 Å². The summed E-state index contributed by atoms with van der Waals surface area (Å²) in [7, 11) is 0. The minimum absolute atomic E-state index is 0.0644. The predicted molar refractivity (Wildman–Crippen MR) is 90.8 cm³/mol. The molecular formula is C18H24N2O4. The van der Waals surface area contributed by atoms with Crippen LogP contribution in [0.1, 0.15) is 28.8 Å². The van der Waals surface area contributed by atoms with Crippen molar-refractivity contribution >= 4 is 17.4 Å². The number of anilines is 1. The average molecular weight is 332 g/mol. The molecule has 0 aromatic heterocycles. The van der Waals surface area contributed by atoms with Crippen molar-refractivity contribution in [3.05, 3.63) is 29.3 Å². The van der Waals surface area contributed by atoms with E-state index in [1.807, 2.05) is 18.2 Å². The van der Waals surface area contributed by atoms with Crippen LogP contribution in [-0.4, -0.2) is 67.7 Å². The number of Topliss-reactive ketones (excluding diaryl/α,β-unsaturated/α-hetero) is 1. The number of aliphatic carboxylic acids is 1. The van der Waals surface area contributed by atoms with E-state index in [-0.39, 0.29) is 18.6 Å². The lowest BCUT2D eigenvalue weighted by Crippen LogP contribution is -2.41. The number of hydrogen-bond donors (Lipinski definition) is 1. The Morgan fingerprint density at radius 1 is 1.08 bits per heavy atom. The molecule has 1 aromatic rings. The van der Waals surface area contributed by atoms with Gasteiger partial charge in [0.15, 0.2) is 5.78 Å². The Kier molecular flexibility index (Phi) is 5.48. The van der Waals surface area contributed by atoms with E-state index < -0.39 is 5.97 Å². The molecule has 0 amide bonds. The number of rotatable bonds is 7. The molecule has 3 rings (SSSR count). The third kappa shape index (κ3) is 4.13. The van der Waals surface area contributed by atoms with Crippen molar-refractivity contribution in [2.45, 2.75) is 19.3 Å². The number of carboxylic acids is 1. The van der Waals surface area contributed by atoms with Crippen molar-refractivity contribution in [2.75, 3.05) is 50.8 Å². The summed E-state index contributed by atoms with van der Waals surface area (Å²) in [5.41, 5.74) is 3.03. The number of morpholine rings is 1. The summed E-state index contributed by atoms with van der Waals surface area (Å²) in [5.74, 6) is -1.02.